The zero-order valence-corrected chi connectivity index (χ0v) is 14.4. The predicted molar refractivity (Wildman–Crippen MR) is 98.1 cm³/mol. The van der Waals surface area contributed by atoms with Crippen molar-refractivity contribution < 1.29 is 4.79 Å². The topological polar surface area (TPSA) is 57.8 Å². The third kappa shape index (κ3) is 3.61. The Hall–Kier alpha value is -2.30. The minimum atomic E-state index is -0.246. The van der Waals surface area contributed by atoms with E-state index in [0.29, 0.717) is 21.4 Å². The third-order valence-electron chi connectivity index (χ3n) is 3.57. The van der Waals surface area contributed by atoms with Crippen LogP contribution in [0.25, 0.3) is 17.1 Å². The Morgan fingerprint density at radius 1 is 1.21 bits per heavy atom. The first kappa shape index (κ1) is 16.6. The number of imidazole rings is 1. The molecule has 0 aliphatic rings. The van der Waals surface area contributed by atoms with E-state index >= 15 is 0 Å². The average molecular weight is 360 g/mol. The molecule has 122 valence electrons. The second-order valence-corrected chi connectivity index (χ2v) is 6.13. The number of carbonyl (C=O) groups is 1. The minimum Gasteiger partial charge on any atom is -0.343 e. The highest BCUT2D eigenvalue weighted by Gasteiger charge is 2.12. The number of H-pyrrole nitrogens is 1. The van der Waals surface area contributed by atoms with Crippen LogP contribution in [0, 0.1) is 0 Å². The number of carbonyl (C=O) groups excluding carboxylic acids is 1. The molecular weight excluding hydrogens is 345 g/mol. The van der Waals surface area contributed by atoms with Crippen LogP contribution < -0.4 is 5.32 Å². The number of benzene rings is 2. The van der Waals surface area contributed by atoms with Crippen LogP contribution in [0.1, 0.15) is 24.4 Å². The molecule has 24 heavy (non-hydrogen) atoms. The van der Waals surface area contributed by atoms with Gasteiger partial charge in [-0.3, -0.25) is 4.79 Å². The molecule has 0 aliphatic carbocycles. The Balaban J connectivity index is 1.69. The highest BCUT2D eigenvalue weighted by atomic mass is 35.5. The second kappa shape index (κ2) is 7.07. The lowest BCUT2D eigenvalue weighted by molar-refractivity contribution is -0.117. The first-order valence-electron chi connectivity index (χ1n) is 7.42. The van der Waals surface area contributed by atoms with Crippen LogP contribution in [0.15, 0.2) is 48.5 Å². The highest BCUT2D eigenvalue weighted by Crippen LogP contribution is 2.26. The molecule has 3 rings (SSSR count). The van der Waals surface area contributed by atoms with Crippen LogP contribution in [0.2, 0.25) is 10.0 Å². The molecular formula is C18H15Cl2N3O. The van der Waals surface area contributed by atoms with Crippen LogP contribution in [-0.4, -0.2) is 15.9 Å². The van der Waals surface area contributed by atoms with Crippen LogP contribution in [0.3, 0.4) is 0 Å². The van der Waals surface area contributed by atoms with E-state index in [2.05, 4.69) is 15.3 Å². The normalized spacial score (nSPS) is 12.6. The molecule has 6 heteroatoms. The zero-order chi connectivity index (χ0) is 17.1. The molecule has 3 aromatic rings. The van der Waals surface area contributed by atoms with Gasteiger partial charge in [0, 0.05) is 6.08 Å². The van der Waals surface area contributed by atoms with E-state index in [4.69, 9.17) is 23.2 Å². The fraction of sp³-hybridized carbons (Fsp3) is 0.111. The number of nitrogens with zero attached hydrogens (tertiary/aromatic N) is 1. The lowest BCUT2D eigenvalue weighted by Gasteiger charge is -2.09. The number of amides is 1. The van der Waals surface area contributed by atoms with Crippen molar-refractivity contribution in [2.75, 3.05) is 0 Å². The highest BCUT2D eigenvalue weighted by molar-refractivity contribution is 6.42. The van der Waals surface area contributed by atoms with E-state index in [0.717, 1.165) is 11.0 Å². The number of fused-ring (bicyclic) bond motifs is 1. The van der Waals surface area contributed by atoms with Gasteiger partial charge < -0.3 is 10.3 Å². The molecule has 0 aliphatic heterocycles. The van der Waals surface area contributed by atoms with E-state index in [9.17, 15) is 4.79 Å². The third-order valence-corrected chi connectivity index (χ3v) is 4.41. The van der Waals surface area contributed by atoms with Crippen molar-refractivity contribution >= 4 is 46.2 Å². The molecule has 1 aromatic heterocycles. The largest absolute Gasteiger partial charge is 0.343 e. The summed E-state index contributed by atoms with van der Waals surface area (Å²) in [5.74, 6) is 0.470. The maximum Gasteiger partial charge on any atom is 0.244 e. The monoisotopic (exact) mass is 359 g/mol. The van der Waals surface area contributed by atoms with Crippen molar-refractivity contribution in [3.63, 3.8) is 0 Å². The molecule has 0 bridgehead atoms. The van der Waals surface area contributed by atoms with Crippen molar-refractivity contribution in [1.29, 1.82) is 0 Å². The lowest BCUT2D eigenvalue weighted by atomic mass is 10.2. The van der Waals surface area contributed by atoms with E-state index in [1.165, 1.54) is 6.08 Å². The van der Waals surface area contributed by atoms with Crippen molar-refractivity contribution in [3.05, 3.63) is 70.0 Å². The van der Waals surface area contributed by atoms with Gasteiger partial charge in [-0.1, -0.05) is 47.5 Å². The maximum absolute atomic E-state index is 12.1. The quantitative estimate of drug-likeness (QED) is 0.659. The van der Waals surface area contributed by atoms with Gasteiger partial charge in [-0.15, -0.1) is 0 Å². The van der Waals surface area contributed by atoms with Crippen LogP contribution in [0.4, 0.5) is 0 Å². The van der Waals surface area contributed by atoms with Gasteiger partial charge in [0.2, 0.25) is 5.91 Å². The summed E-state index contributed by atoms with van der Waals surface area (Å²) in [6.07, 6.45) is 3.06. The Kier molecular flexibility index (Phi) is 4.88. The van der Waals surface area contributed by atoms with Gasteiger partial charge in [-0.25, -0.2) is 4.98 Å². The molecule has 1 unspecified atom stereocenters. The van der Waals surface area contributed by atoms with Crippen LogP contribution in [0.5, 0.6) is 0 Å². The average Bonchev–Trinajstić information content (AvgIpc) is 3.00. The molecule has 4 nitrogen and oxygen atoms in total. The van der Waals surface area contributed by atoms with E-state index < -0.39 is 0 Å². The molecule has 0 saturated heterocycles. The van der Waals surface area contributed by atoms with Crippen molar-refractivity contribution in [2.45, 2.75) is 13.0 Å². The van der Waals surface area contributed by atoms with Crippen molar-refractivity contribution in [1.82, 2.24) is 15.3 Å². The van der Waals surface area contributed by atoms with E-state index in [1.807, 2.05) is 31.2 Å². The molecule has 0 fully saturated rings. The summed E-state index contributed by atoms with van der Waals surface area (Å²) in [4.78, 5) is 19.8. The number of aromatic amines is 1. The summed E-state index contributed by atoms with van der Waals surface area (Å²) >= 11 is 12.0. The number of hydrogen-bond donors (Lipinski definition) is 2. The Labute approximate surface area is 149 Å². The summed E-state index contributed by atoms with van der Waals surface area (Å²) in [5.41, 5.74) is 2.50. The Bertz CT molecular complexity index is 885. The fourth-order valence-corrected chi connectivity index (χ4v) is 2.69. The SMILES string of the molecule is CC(NC(=O)/C=C/c1cccc(Cl)c1Cl)c1nc2ccccc2[nH]1. The van der Waals surface area contributed by atoms with Crippen LogP contribution >= 0.6 is 23.2 Å². The van der Waals surface area contributed by atoms with Gasteiger partial charge in [-0.2, -0.15) is 0 Å². The molecule has 1 atom stereocenters. The second-order valence-electron chi connectivity index (χ2n) is 5.35. The summed E-state index contributed by atoms with van der Waals surface area (Å²) < 4.78 is 0. The zero-order valence-electron chi connectivity index (χ0n) is 12.9. The van der Waals surface area contributed by atoms with E-state index in [-0.39, 0.29) is 11.9 Å². The van der Waals surface area contributed by atoms with Gasteiger partial charge in [0.25, 0.3) is 0 Å². The number of nitrogens with one attached hydrogen (secondary N) is 2. The lowest BCUT2D eigenvalue weighted by Crippen LogP contribution is -2.25. The predicted octanol–water partition coefficient (Wildman–Crippen LogP) is 4.76. The Morgan fingerprint density at radius 2 is 2.00 bits per heavy atom. The van der Waals surface area contributed by atoms with Gasteiger partial charge in [-0.05, 0) is 36.8 Å². The van der Waals surface area contributed by atoms with Crippen molar-refractivity contribution in [2.24, 2.45) is 0 Å². The number of aromatic nitrogens is 2. The number of rotatable bonds is 4. The van der Waals surface area contributed by atoms with E-state index in [1.54, 1.807) is 24.3 Å². The first-order chi connectivity index (χ1) is 11.5. The molecule has 0 spiro atoms. The standard InChI is InChI=1S/C18H15Cl2N3O/c1-11(18-22-14-7-2-3-8-15(14)23-18)21-16(24)10-9-12-5-4-6-13(19)17(12)20/h2-11H,1H3,(H,21,24)(H,22,23)/b10-9+. The summed E-state index contributed by atoms with van der Waals surface area (Å²) in [5, 5.41) is 3.74. The minimum absolute atomic E-state index is 0.237. The summed E-state index contributed by atoms with van der Waals surface area (Å²) in [6.45, 7) is 1.87. The molecule has 2 N–H and O–H groups in total. The van der Waals surface area contributed by atoms with Crippen molar-refractivity contribution in [3.8, 4) is 0 Å². The Morgan fingerprint density at radius 3 is 2.79 bits per heavy atom. The van der Waals surface area contributed by atoms with Crippen LogP contribution in [-0.2, 0) is 4.79 Å². The van der Waals surface area contributed by atoms with Gasteiger partial charge in [0.05, 0.1) is 27.1 Å². The first-order valence-corrected chi connectivity index (χ1v) is 8.17. The smallest absolute Gasteiger partial charge is 0.244 e. The maximum atomic E-state index is 12.1. The molecule has 1 amide bonds. The van der Waals surface area contributed by atoms with Gasteiger partial charge in [0.15, 0.2) is 0 Å². The molecule has 2 aromatic carbocycles. The number of hydrogen-bond acceptors (Lipinski definition) is 2. The van der Waals surface area contributed by atoms with Gasteiger partial charge >= 0.3 is 0 Å². The fourth-order valence-electron chi connectivity index (χ4n) is 2.32. The molecule has 1 heterocycles. The summed E-state index contributed by atoms with van der Waals surface area (Å²) in [6, 6.07) is 12.8. The number of halogens is 2. The molecule has 0 radical (unpaired) electrons. The molecule has 0 saturated carbocycles. The summed E-state index contributed by atoms with van der Waals surface area (Å²) in [7, 11) is 0. The van der Waals surface area contributed by atoms with Gasteiger partial charge in [0.1, 0.15) is 5.82 Å². The number of para-hydroxylation sites is 2.